The van der Waals surface area contributed by atoms with Crippen LogP contribution in [0.2, 0.25) is 5.02 Å². The summed E-state index contributed by atoms with van der Waals surface area (Å²) >= 11 is 7.34. The van der Waals surface area contributed by atoms with Crippen LogP contribution in [0.5, 0.6) is 0 Å². The lowest BCUT2D eigenvalue weighted by molar-refractivity contribution is 0.101. The molecule has 1 aromatic carbocycles. The average molecular weight is 253 g/mol. The molecule has 0 radical (unpaired) electrons. The number of benzene rings is 1. The van der Waals surface area contributed by atoms with Gasteiger partial charge in [0.25, 0.3) is 0 Å². The van der Waals surface area contributed by atoms with Crippen LogP contribution in [0.3, 0.4) is 0 Å². The van der Waals surface area contributed by atoms with Crippen LogP contribution >= 0.6 is 22.9 Å². The predicted molar refractivity (Wildman–Crippen MR) is 67.0 cm³/mol. The van der Waals surface area contributed by atoms with Crippen LogP contribution in [0.1, 0.15) is 17.4 Å². The summed E-state index contributed by atoms with van der Waals surface area (Å²) in [6.07, 6.45) is 0. The number of hydrogen-bond donors (Lipinski definition) is 1. The molecule has 1 aromatic heterocycles. The second kappa shape index (κ2) is 4.23. The Balaban J connectivity index is 2.64. The minimum atomic E-state index is -0.108. The highest BCUT2D eigenvalue weighted by atomic mass is 35.5. The smallest absolute Gasteiger partial charge is 0.181 e. The van der Waals surface area contributed by atoms with Crippen molar-refractivity contribution in [2.45, 2.75) is 6.92 Å². The van der Waals surface area contributed by atoms with Crippen molar-refractivity contribution in [3.05, 3.63) is 35.0 Å². The van der Waals surface area contributed by atoms with Crippen molar-refractivity contribution in [1.82, 2.24) is 4.98 Å². The Morgan fingerprint density at radius 2 is 2.12 bits per heavy atom. The molecule has 0 aliphatic heterocycles. The van der Waals surface area contributed by atoms with E-state index in [2.05, 4.69) is 4.98 Å². The zero-order valence-corrected chi connectivity index (χ0v) is 10.1. The molecule has 0 aliphatic rings. The molecule has 0 bridgehead atoms. The SMILES string of the molecule is CC(=O)c1nc(N)sc1-c1ccccc1Cl. The van der Waals surface area contributed by atoms with E-state index >= 15 is 0 Å². The fourth-order valence-corrected chi connectivity index (χ4v) is 2.61. The Bertz CT molecular complexity index is 551. The number of carbonyl (C=O) groups is 1. The van der Waals surface area contributed by atoms with Crippen molar-refractivity contribution >= 4 is 33.9 Å². The van der Waals surface area contributed by atoms with E-state index in [4.69, 9.17) is 17.3 Å². The maximum absolute atomic E-state index is 11.4. The van der Waals surface area contributed by atoms with Gasteiger partial charge in [-0.2, -0.15) is 0 Å². The molecule has 0 amide bonds. The van der Waals surface area contributed by atoms with Crippen molar-refractivity contribution in [1.29, 1.82) is 0 Å². The van der Waals surface area contributed by atoms with Gasteiger partial charge in [0.05, 0.1) is 4.88 Å². The number of nitrogens with two attached hydrogens (primary N) is 1. The molecule has 2 aromatic rings. The highest BCUT2D eigenvalue weighted by molar-refractivity contribution is 7.19. The number of Topliss-reactive ketones (excluding diaryl/α,β-unsaturated/α-hetero) is 1. The van der Waals surface area contributed by atoms with Gasteiger partial charge in [-0.15, -0.1) is 0 Å². The lowest BCUT2D eigenvalue weighted by atomic mass is 10.1. The van der Waals surface area contributed by atoms with Gasteiger partial charge >= 0.3 is 0 Å². The van der Waals surface area contributed by atoms with Crippen molar-refractivity contribution in [2.75, 3.05) is 5.73 Å². The second-order valence-corrected chi connectivity index (χ2v) is 4.70. The quantitative estimate of drug-likeness (QED) is 0.835. The van der Waals surface area contributed by atoms with Crippen LogP contribution < -0.4 is 5.73 Å². The minimum Gasteiger partial charge on any atom is -0.375 e. The van der Waals surface area contributed by atoms with E-state index in [9.17, 15) is 4.79 Å². The van der Waals surface area contributed by atoms with Gasteiger partial charge < -0.3 is 5.73 Å². The predicted octanol–water partition coefficient (Wildman–Crippen LogP) is 3.25. The van der Waals surface area contributed by atoms with Crippen LogP contribution in [0.25, 0.3) is 10.4 Å². The monoisotopic (exact) mass is 252 g/mol. The molecule has 0 saturated heterocycles. The van der Waals surface area contributed by atoms with Crippen molar-refractivity contribution in [2.24, 2.45) is 0 Å². The molecule has 0 saturated carbocycles. The van der Waals surface area contributed by atoms with Crippen LogP contribution in [-0.4, -0.2) is 10.8 Å². The standard InChI is InChI=1S/C11H9ClN2OS/c1-6(15)9-10(16-11(13)14-9)7-4-2-3-5-8(7)12/h2-5H,1H3,(H2,13,14). The molecule has 2 rings (SSSR count). The molecule has 3 nitrogen and oxygen atoms in total. The Morgan fingerprint density at radius 1 is 1.44 bits per heavy atom. The molecule has 0 fully saturated rings. The molecule has 0 atom stereocenters. The first kappa shape index (κ1) is 11.1. The van der Waals surface area contributed by atoms with Gasteiger partial charge in [0, 0.05) is 17.5 Å². The van der Waals surface area contributed by atoms with E-state index in [1.807, 2.05) is 18.2 Å². The largest absolute Gasteiger partial charge is 0.375 e. The van der Waals surface area contributed by atoms with E-state index in [1.54, 1.807) is 6.07 Å². The van der Waals surface area contributed by atoms with E-state index in [-0.39, 0.29) is 5.78 Å². The van der Waals surface area contributed by atoms with Crippen molar-refractivity contribution in [3.8, 4) is 10.4 Å². The number of nitrogen functional groups attached to an aromatic ring is 1. The molecule has 5 heteroatoms. The summed E-state index contributed by atoms with van der Waals surface area (Å²) in [5.41, 5.74) is 6.80. The summed E-state index contributed by atoms with van der Waals surface area (Å²) in [5.74, 6) is -0.108. The maximum Gasteiger partial charge on any atom is 0.181 e. The molecule has 82 valence electrons. The first-order valence-electron chi connectivity index (χ1n) is 4.61. The van der Waals surface area contributed by atoms with Gasteiger partial charge in [0.1, 0.15) is 5.69 Å². The Kier molecular flexibility index (Phi) is 2.94. The summed E-state index contributed by atoms with van der Waals surface area (Å²) in [7, 11) is 0. The van der Waals surface area contributed by atoms with Crippen LogP contribution in [0.4, 0.5) is 5.13 Å². The van der Waals surface area contributed by atoms with E-state index in [0.29, 0.717) is 15.8 Å². The molecule has 0 spiro atoms. The molecule has 0 unspecified atom stereocenters. The minimum absolute atomic E-state index is 0.108. The third kappa shape index (κ3) is 1.94. The number of carbonyl (C=O) groups excluding carboxylic acids is 1. The van der Waals surface area contributed by atoms with E-state index < -0.39 is 0 Å². The van der Waals surface area contributed by atoms with E-state index in [1.165, 1.54) is 18.3 Å². The molecule has 1 heterocycles. The second-order valence-electron chi connectivity index (χ2n) is 3.27. The number of ketones is 1. The Morgan fingerprint density at radius 3 is 2.75 bits per heavy atom. The molecule has 2 N–H and O–H groups in total. The number of rotatable bonds is 2. The molecule has 0 aliphatic carbocycles. The van der Waals surface area contributed by atoms with E-state index in [0.717, 1.165) is 10.4 Å². The normalized spacial score (nSPS) is 10.4. The fraction of sp³-hybridized carbons (Fsp3) is 0.0909. The Hall–Kier alpha value is -1.39. The van der Waals surface area contributed by atoms with Crippen LogP contribution in [0, 0.1) is 0 Å². The molecular weight excluding hydrogens is 244 g/mol. The summed E-state index contributed by atoms with van der Waals surface area (Å²) in [5, 5.41) is 0.966. The topological polar surface area (TPSA) is 56.0 Å². The first-order valence-corrected chi connectivity index (χ1v) is 5.81. The van der Waals surface area contributed by atoms with Crippen molar-refractivity contribution < 1.29 is 4.79 Å². The van der Waals surface area contributed by atoms with Crippen molar-refractivity contribution in [3.63, 3.8) is 0 Å². The highest BCUT2D eigenvalue weighted by Gasteiger charge is 2.16. The number of nitrogens with zero attached hydrogens (tertiary/aromatic N) is 1. The number of aromatic nitrogens is 1. The third-order valence-corrected chi connectivity index (χ3v) is 3.34. The third-order valence-electron chi connectivity index (χ3n) is 2.10. The van der Waals surface area contributed by atoms with Crippen LogP contribution in [0.15, 0.2) is 24.3 Å². The number of halogens is 1. The summed E-state index contributed by atoms with van der Waals surface area (Å²) in [4.78, 5) is 16.2. The Labute approximate surface area is 102 Å². The van der Waals surface area contributed by atoms with Crippen LogP contribution in [-0.2, 0) is 0 Å². The molecule has 16 heavy (non-hydrogen) atoms. The van der Waals surface area contributed by atoms with Gasteiger partial charge in [-0.3, -0.25) is 4.79 Å². The number of anilines is 1. The molecular formula is C11H9ClN2OS. The summed E-state index contributed by atoms with van der Waals surface area (Å²) in [6.45, 7) is 1.47. The first-order chi connectivity index (χ1) is 7.59. The number of hydrogen-bond acceptors (Lipinski definition) is 4. The lowest BCUT2D eigenvalue weighted by Crippen LogP contribution is -1.95. The van der Waals surface area contributed by atoms with Gasteiger partial charge in [0.2, 0.25) is 0 Å². The maximum atomic E-state index is 11.4. The lowest BCUT2D eigenvalue weighted by Gasteiger charge is -2.01. The van der Waals surface area contributed by atoms with Gasteiger partial charge in [-0.1, -0.05) is 41.1 Å². The average Bonchev–Trinajstić information content (AvgIpc) is 2.61. The highest BCUT2D eigenvalue weighted by Crippen LogP contribution is 2.36. The zero-order valence-electron chi connectivity index (χ0n) is 8.53. The fourth-order valence-electron chi connectivity index (χ4n) is 1.40. The van der Waals surface area contributed by atoms with Gasteiger partial charge in [0.15, 0.2) is 10.9 Å². The number of thiazole rings is 1. The summed E-state index contributed by atoms with van der Waals surface area (Å²) in [6, 6.07) is 7.32. The summed E-state index contributed by atoms with van der Waals surface area (Å²) < 4.78 is 0. The zero-order chi connectivity index (χ0) is 11.7. The van der Waals surface area contributed by atoms with Gasteiger partial charge in [-0.05, 0) is 6.07 Å². The van der Waals surface area contributed by atoms with Gasteiger partial charge in [-0.25, -0.2) is 4.98 Å².